The molecule has 1 aliphatic carbocycles. The molecular formula is C14H18N4OS. The zero-order valence-corrected chi connectivity index (χ0v) is 12.1. The first-order valence-electron chi connectivity index (χ1n) is 7.18. The molecule has 2 fully saturated rings. The third-order valence-electron chi connectivity index (χ3n) is 4.40. The Kier molecular flexibility index (Phi) is 3.00. The van der Waals surface area contributed by atoms with Crippen molar-refractivity contribution >= 4 is 17.0 Å². The van der Waals surface area contributed by atoms with E-state index >= 15 is 0 Å². The molecule has 4 rings (SSSR count). The standard InChI is InChI=1S/C14H18N4OS/c1-3-14(4-1)8-10(2-6-19-14)17-11-9-16-18-12(11)13-15-5-7-20-13/h5,7,9-10,17H,1-4,6,8H2,(H,16,18)/t10-/m1/s1. The molecule has 1 atom stereocenters. The summed E-state index contributed by atoms with van der Waals surface area (Å²) in [4.78, 5) is 4.35. The van der Waals surface area contributed by atoms with Crippen LogP contribution in [0.4, 0.5) is 5.69 Å². The van der Waals surface area contributed by atoms with Gasteiger partial charge in [0.2, 0.25) is 0 Å². The lowest BCUT2D eigenvalue weighted by Gasteiger charge is -2.47. The number of nitrogens with zero attached hydrogens (tertiary/aromatic N) is 2. The van der Waals surface area contributed by atoms with Crippen molar-refractivity contribution in [2.24, 2.45) is 0 Å². The zero-order valence-electron chi connectivity index (χ0n) is 11.3. The van der Waals surface area contributed by atoms with Gasteiger partial charge in [0, 0.05) is 24.2 Å². The Hall–Kier alpha value is -1.40. The fourth-order valence-corrected chi connectivity index (χ4v) is 3.84. The highest BCUT2D eigenvalue weighted by atomic mass is 32.1. The summed E-state index contributed by atoms with van der Waals surface area (Å²) in [6, 6.07) is 0.473. The van der Waals surface area contributed by atoms with Gasteiger partial charge in [-0.3, -0.25) is 5.10 Å². The average Bonchev–Trinajstić information content (AvgIpc) is 3.07. The molecule has 106 valence electrons. The number of nitrogens with one attached hydrogen (secondary N) is 2. The third-order valence-corrected chi connectivity index (χ3v) is 5.19. The molecule has 0 aromatic carbocycles. The second-order valence-electron chi connectivity index (χ2n) is 5.72. The third kappa shape index (κ3) is 2.13. The summed E-state index contributed by atoms with van der Waals surface area (Å²) in [7, 11) is 0. The minimum atomic E-state index is 0.168. The van der Waals surface area contributed by atoms with Crippen LogP contribution in [0, 0.1) is 0 Å². The van der Waals surface area contributed by atoms with Crippen LogP contribution >= 0.6 is 11.3 Å². The van der Waals surface area contributed by atoms with Gasteiger partial charge >= 0.3 is 0 Å². The van der Waals surface area contributed by atoms with Crippen LogP contribution < -0.4 is 5.32 Å². The Morgan fingerprint density at radius 2 is 2.40 bits per heavy atom. The van der Waals surface area contributed by atoms with E-state index in [0.717, 1.165) is 35.8 Å². The molecule has 3 heterocycles. The Morgan fingerprint density at radius 1 is 1.45 bits per heavy atom. The lowest BCUT2D eigenvalue weighted by molar-refractivity contribution is -0.130. The van der Waals surface area contributed by atoms with Gasteiger partial charge in [-0.05, 0) is 32.1 Å². The van der Waals surface area contributed by atoms with Crippen molar-refractivity contribution in [2.75, 3.05) is 11.9 Å². The number of thiazole rings is 1. The fraction of sp³-hybridized carbons (Fsp3) is 0.571. The summed E-state index contributed by atoms with van der Waals surface area (Å²) in [5.74, 6) is 0. The molecule has 6 heteroatoms. The number of hydrogen-bond acceptors (Lipinski definition) is 5. The van der Waals surface area contributed by atoms with E-state index in [9.17, 15) is 0 Å². The first-order chi connectivity index (χ1) is 9.85. The molecule has 1 aliphatic heterocycles. The maximum atomic E-state index is 5.98. The van der Waals surface area contributed by atoms with Crippen molar-refractivity contribution in [3.8, 4) is 10.7 Å². The summed E-state index contributed by atoms with van der Waals surface area (Å²) >= 11 is 1.63. The molecule has 1 saturated heterocycles. The molecule has 0 radical (unpaired) electrons. The van der Waals surface area contributed by atoms with Crippen molar-refractivity contribution in [3.05, 3.63) is 17.8 Å². The van der Waals surface area contributed by atoms with E-state index in [2.05, 4.69) is 20.5 Å². The van der Waals surface area contributed by atoms with Gasteiger partial charge in [-0.1, -0.05) is 0 Å². The molecule has 2 aromatic rings. The van der Waals surface area contributed by atoms with Crippen LogP contribution in [0.3, 0.4) is 0 Å². The molecule has 2 N–H and O–H groups in total. The van der Waals surface area contributed by atoms with Crippen molar-refractivity contribution in [2.45, 2.75) is 43.7 Å². The number of H-pyrrole nitrogens is 1. The van der Waals surface area contributed by atoms with Crippen molar-refractivity contribution in [3.63, 3.8) is 0 Å². The van der Waals surface area contributed by atoms with E-state index in [1.807, 2.05) is 17.8 Å². The Labute approximate surface area is 121 Å². The second-order valence-corrected chi connectivity index (χ2v) is 6.61. The van der Waals surface area contributed by atoms with E-state index in [4.69, 9.17) is 4.74 Å². The fourth-order valence-electron chi connectivity index (χ4n) is 3.20. The number of aromatic amines is 1. The molecule has 2 aromatic heterocycles. The minimum Gasteiger partial charge on any atom is -0.379 e. The number of rotatable bonds is 3. The molecule has 0 unspecified atom stereocenters. The number of hydrogen-bond donors (Lipinski definition) is 2. The number of ether oxygens (including phenoxy) is 1. The van der Waals surface area contributed by atoms with Gasteiger partial charge in [-0.25, -0.2) is 4.98 Å². The van der Waals surface area contributed by atoms with E-state index < -0.39 is 0 Å². The smallest absolute Gasteiger partial charge is 0.143 e. The topological polar surface area (TPSA) is 62.8 Å². The lowest BCUT2D eigenvalue weighted by Crippen LogP contribution is -2.49. The SMILES string of the molecule is c1csc(-c2[nH]ncc2N[C@@H]2CCOC3(CCC3)C2)n1. The molecule has 20 heavy (non-hydrogen) atoms. The maximum Gasteiger partial charge on any atom is 0.143 e. The van der Waals surface area contributed by atoms with Crippen LogP contribution in [0.15, 0.2) is 17.8 Å². The van der Waals surface area contributed by atoms with Gasteiger partial charge in [-0.15, -0.1) is 11.3 Å². The largest absolute Gasteiger partial charge is 0.379 e. The average molecular weight is 290 g/mol. The van der Waals surface area contributed by atoms with E-state index in [1.54, 1.807) is 11.3 Å². The van der Waals surface area contributed by atoms with Crippen molar-refractivity contribution in [1.29, 1.82) is 0 Å². The van der Waals surface area contributed by atoms with Gasteiger partial charge in [0.25, 0.3) is 0 Å². The molecule has 0 bridgehead atoms. The molecule has 1 saturated carbocycles. The first kappa shape index (κ1) is 12.3. The van der Waals surface area contributed by atoms with Crippen LogP contribution in [0.2, 0.25) is 0 Å². The monoisotopic (exact) mass is 290 g/mol. The van der Waals surface area contributed by atoms with E-state index in [1.165, 1.54) is 19.3 Å². The Morgan fingerprint density at radius 3 is 3.15 bits per heavy atom. The second kappa shape index (κ2) is 4.86. The van der Waals surface area contributed by atoms with Gasteiger partial charge in [-0.2, -0.15) is 5.10 Å². The highest BCUT2D eigenvalue weighted by Gasteiger charge is 2.42. The van der Waals surface area contributed by atoms with Gasteiger partial charge in [0.1, 0.15) is 10.7 Å². The molecule has 5 nitrogen and oxygen atoms in total. The van der Waals surface area contributed by atoms with Crippen molar-refractivity contribution in [1.82, 2.24) is 15.2 Å². The predicted octanol–water partition coefficient (Wildman–Crippen LogP) is 3.05. The first-order valence-corrected chi connectivity index (χ1v) is 8.06. The van der Waals surface area contributed by atoms with Crippen LogP contribution in [-0.2, 0) is 4.74 Å². The molecular weight excluding hydrogens is 272 g/mol. The Bertz CT molecular complexity index is 576. The van der Waals surface area contributed by atoms with Gasteiger partial charge in [0.15, 0.2) is 0 Å². The molecule has 1 spiro atoms. The summed E-state index contributed by atoms with van der Waals surface area (Å²) in [5, 5.41) is 13.8. The van der Waals surface area contributed by atoms with E-state index in [-0.39, 0.29) is 5.60 Å². The minimum absolute atomic E-state index is 0.168. The number of anilines is 1. The zero-order chi connectivity index (χ0) is 13.4. The number of aromatic nitrogens is 3. The maximum absolute atomic E-state index is 5.98. The van der Waals surface area contributed by atoms with Crippen LogP contribution in [0.25, 0.3) is 10.7 Å². The van der Waals surface area contributed by atoms with Crippen LogP contribution in [-0.4, -0.2) is 33.4 Å². The highest BCUT2D eigenvalue weighted by Crippen LogP contribution is 2.43. The highest BCUT2D eigenvalue weighted by molar-refractivity contribution is 7.13. The predicted molar refractivity (Wildman–Crippen MR) is 78.9 cm³/mol. The quantitative estimate of drug-likeness (QED) is 0.912. The molecule has 0 amide bonds. The normalized spacial score (nSPS) is 24.5. The summed E-state index contributed by atoms with van der Waals surface area (Å²) < 4.78 is 5.98. The van der Waals surface area contributed by atoms with Crippen LogP contribution in [0.5, 0.6) is 0 Å². The van der Waals surface area contributed by atoms with Crippen molar-refractivity contribution < 1.29 is 4.74 Å². The van der Waals surface area contributed by atoms with E-state index in [0.29, 0.717) is 6.04 Å². The summed E-state index contributed by atoms with van der Waals surface area (Å²) in [6.07, 6.45) is 9.59. The lowest BCUT2D eigenvalue weighted by atomic mass is 9.74. The summed E-state index contributed by atoms with van der Waals surface area (Å²) in [6.45, 7) is 0.863. The van der Waals surface area contributed by atoms with Crippen LogP contribution in [0.1, 0.15) is 32.1 Å². The summed E-state index contributed by atoms with van der Waals surface area (Å²) in [5.41, 5.74) is 2.22. The Balaban J connectivity index is 1.50. The molecule has 2 aliphatic rings. The van der Waals surface area contributed by atoms with Gasteiger partial charge in [0.05, 0.1) is 17.5 Å². The van der Waals surface area contributed by atoms with Gasteiger partial charge < -0.3 is 10.1 Å².